The molecule has 0 aliphatic carbocycles. The van der Waals surface area contributed by atoms with Crippen LogP contribution in [0.1, 0.15) is 187 Å². The molecule has 63 heavy (non-hydrogen) atoms. The van der Waals surface area contributed by atoms with Gasteiger partial charge in [0.25, 0.3) is 0 Å². The van der Waals surface area contributed by atoms with Gasteiger partial charge in [-0.3, -0.25) is 4.79 Å². The largest absolute Gasteiger partial charge is 0.394 e. The second-order valence-electron chi connectivity index (χ2n) is 17.9. The van der Waals surface area contributed by atoms with E-state index in [2.05, 4.69) is 31.3 Å². The van der Waals surface area contributed by atoms with Crippen molar-refractivity contribution in [2.75, 3.05) is 19.8 Å². The van der Waals surface area contributed by atoms with Gasteiger partial charge in [0.2, 0.25) is 5.91 Å². The lowest BCUT2D eigenvalue weighted by atomic mass is 9.97. The number of amides is 1. The number of aliphatic hydroxyl groups is 8. The Bertz CT molecular complexity index is 1160. The number of rotatable bonds is 38. The third-order valence-corrected chi connectivity index (χ3v) is 12.4. The number of carbonyl (C=O) groups excluding carboxylic acids is 1. The molecule has 0 aromatic heterocycles. The van der Waals surface area contributed by atoms with Crippen LogP contribution in [0.5, 0.6) is 0 Å². The Hall–Kier alpha value is -1.53. The molecule has 370 valence electrons. The molecule has 1 amide bonds. The van der Waals surface area contributed by atoms with Crippen LogP contribution in [-0.2, 0) is 23.7 Å². The van der Waals surface area contributed by atoms with Gasteiger partial charge in [-0.25, -0.2) is 0 Å². The molecule has 0 saturated carbocycles. The molecule has 14 nitrogen and oxygen atoms in total. The Morgan fingerprint density at radius 3 is 1.51 bits per heavy atom. The van der Waals surface area contributed by atoms with Crippen molar-refractivity contribution in [3.8, 4) is 0 Å². The van der Waals surface area contributed by atoms with Crippen LogP contribution in [0.2, 0.25) is 0 Å². The summed E-state index contributed by atoms with van der Waals surface area (Å²) in [4.78, 5) is 13.1. The molecule has 0 spiro atoms. The topological polar surface area (TPSA) is 228 Å². The van der Waals surface area contributed by atoms with Crippen molar-refractivity contribution in [2.24, 2.45) is 0 Å². The maximum Gasteiger partial charge on any atom is 0.220 e. The zero-order chi connectivity index (χ0) is 46.1. The van der Waals surface area contributed by atoms with Gasteiger partial charge in [0, 0.05) is 6.42 Å². The number of ether oxygens (including phenoxy) is 4. The van der Waals surface area contributed by atoms with Crippen LogP contribution >= 0.6 is 0 Å². The number of aliphatic hydroxyl groups excluding tert-OH is 8. The first-order valence-electron chi connectivity index (χ1n) is 25.1. The molecule has 0 aromatic rings. The van der Waals surface area contributed by atoms with E-state index in [0.29, 0.717) is 6.42 Å². The number of unbranched alkanes of at least 4 members (excludes halogenated alkanes) is 23. The van der Waals surface area contributed by atoms with E-state index >= 15 is 0 Å². The summed E-state index contributed by atoms with van der Waals surface area (Å²) < 4.78 is 22.7. The van der Waals surface area contributed by atoms with Crippen LogP contribution in [0.4, 0.5) is 0 Å². The van der Waals surface area contributed by atoms with Gasteiger partial charge < -0.3 is 65.1 Å². The molecule has 2 fully saturated rings. The molecule has 0 bridgehead atoms. The van der Waals surface area contributed by atoms with Crippen molar-refractivity contribution in [2.45, 2.75) is 261 Å². The van der Waals surface area contributed by atoms with Gasteiger partial charge in [-0.15, -0.1) is 0 Å². The summed E-state index contributed by atoms with van der Waals surface area (Å²) in [6, 6.07) is -0.914. The molecule has 2 aliphatic rings. The summed E-state index contributed by atoms with van der Waals surface area (Å²) in [6.45, 7) is 2.76. The minimum absolute atomic E-state index is 0.249. The average molecular weight is 902 g/mol. The predicted molar refractivity (Wildman–Crippen MR) is 245 cm³/mol. The van der Waals surface area contributed by atoms with E-state index in [1.807, 2.05) is 6.08 Å². The minimum atomic E-state index is -1.79. The van der Waals surface area contributed by atoms with Gasteiger partial charge in [0.15, 0.2) is 12.6 Å². The van der Waals surface area contributed by atoms with E-state index in [1.165, 1.54) is 103 Å². The van der Waals surface area contributed by atoms with Crippen molar-refractivity contribution < 1.29 is 64.6 Å². The van der Waals surface area contributed by atoms with Crippen molar-refractivity contribution in [1.82, 2.24) is 5.32 Å². The summed E-state index contributed by atoms with van der Waals surface area (Å²) in [5, 5.41) is 86.6. The van der Waals surface area contributed by atoms with E-state index in [9.17, 15) is 45.6 Å². The fraction of sp³-hybridized carbons (Fsp3) is 0.898. The van der Waals surface area contributed by atoms with Gasteiger partial charge in [-0.05, 0) is 44.9 Å². The highest BCUT2D eigenvalue weighted by Crippen LogP contribution is 2.30. The van der Waals surface area contributed by atoms with E-state index in [1.54, 1.807) is 6.08 Å². The van der Waals surface area contributed by atoms with E-state index in [-0.39, 0.29) is 18.9 Å². The average Bonchev–Trinajstić information content (AvgIpc) is 3.28. The number of allylic oxidation sites excluding steroid dienone is 3. The van der Waals surface area contributed by atoms with Crippen molar-refractivity contribution in [1.29, 1.82) is 0 Å². The molecule has 12 atom stereocenters. The van der Waals surface area contributed by atoms with Gasteiger partial charge in [0.05, 0.1) is 32.0 Å². The van der Waals surface area contributed by atoms with Gasteiger partial charge in [-0.2, -0.15) is 0 Å². The molecular formula is C49H91NO13. The van der Waals surface area contributed by atoms with Crippen LogP contribution in [0, 0.1) is 0 Å². The Kier molecular flexibility index (Phi) is 33.4. The molecule has 0 radical (unpaired) electrons. The first-order valence-corrected chi connectivity index (χ1v) is 25.1. The fourth-order valence-corrected chi connectivity index (χ4v) is 8.23. The smallest absolute Gasteiger partial charge is 0.220 e. The standard InChI is InChI=1S/C49H91NO13/c1-3-5-7-9-11-13-15-17-19-21-23-25-27-29-31-33-41(54)50-37(38(53)32-30-28-26-24-22-20-18-16-14-12-10-8-6-4-2)36-60-48-46(59)44(57)47(40(35-52)62-48)63-49-45(58)43(56)42(55)39(34-51)61-49/h17,19,30,32,37-40,42-49,51-53,55-59H,3-16,18,20-29,31,33-36H2,1-2H3,(H,50,54)/b19-17-,32-30+. The summed E-state index contributed by atoms with van der Waals surface area (Å²) in [5.41, 5.74) is 0. The summed E-state index contributed by atoms with van der Waals surface area (Å²) >= 11 is 0. The van der Waals surface area contributed by atoms with Gasteiger partial charge in [-0.1, -0.05) is 160 Å². The quantitative estimate of drug-likeness (QED) is 0.0250. The zero-order valence-electron chi connectivity index (χ0n) is 39.1. The summed E-state index contributed by atoms with van der Waals surface area (Å²) in [5.74, 6) is -0.249. The van der Waals surface area contributed by atoms with Crippen LogP contribution in [0.3, 0.4) is 0 Å². The highest BCUT2D eigenvalue weighted by Gasteiger charge is 2.51. The highest BCUT2D eigenvalue weighted by atomic mass is 16.7. The Labute approximate surface area is 379 Å². The van der Waals surface area contributed by atoms with E-state index < -0.39 is 86.8 Å². The summed E-state index contributed by atoms with van der Waals surface area (Å²) in [6.07, 6.45) is 22.1. The highest BCUT2D eigenvalue weighted by molar-refractivity contribution is 5.76. The second-order valence-corrected chi connectivity index (χ2v) is 17.9. The van der Waals surface area contributed by atoms with E-state index in [0.717, 1.165) is 57.8 Å². The maximum absolute atomic E-state index is 13.1. The van der Waals surface area contributed by atoms with Crippen molar-refractivity contribution in [3.63, 3.8) is 0 Å². The third kappa shape index (κ3) is 24.2. The Morgan fingerprint density at radius 2 is 1.00 bits per heavy atom. The molecule has 2 saturated heterocycles. The molecule has 2 aliphatic heterocycles. The lowest BCUT2D eigenvalue weighted by Gasteiger charge is -2.46. The molecule has 2 heterocycles. The molecule has 9 N–H and O–H groups in total. The van der Waals surface area contributed by atoms with E-state index in [4.69, 9.17) is 18.9 Å². The first-order chi connectivity index (χ1) is 30.6. The van der Waals surface area contributed by atoms with Crippen LogP contribution in [0.25, 0.3) is 0 Å². The summed E-state index contributed by atoms with van der Waals surface area (Å²) in [7, 11) is 0. The maximum atomic E-state index is 13.1. The predicted octanol–water partition coefficient (Wildman–Crippen LogP) is 6.16. The fourth-order valence-electron chi connectivity index (χ4n) is 8.23. The lowest BCUT2D eigenvalue weighted by Crippen LogP contribution is -2.65. The second kappa shape index (κ2) is 36.6. The normalized spacial score (nSPS) is 27.7. The molecule has 12 unspecified atom stereocenters. The monoisotopic (exact) mass is 902 g/mol. The Balaban J connectivity index is 1.87. The number of carbonyl (C=O) groups is 1. The number of hydrogen-bond donors (Lipinski definition) is 9. The van der Waals surface area contributed by atoms with Crippen molar-refractivity contribution in [3.05, 3.63) is 24.3 Å². The number of nitrogens with one attached hydrogen (secondary N) is 1. The van der Waals surface area contributed by atoms with Crippen LogP contribution in [-0.4, -0.2) is 140 Å². The molecule has 0 aromatic carbocycles. The first kappa shape index (κ1) is 57.6. The van der Waals surface area contributed by atoms with Crippen LogP contribution < -0.4 is 5.32 Å². The molecule has 14 heteroatoms. The lowest BCUT2D eigenvalue weighted by molar-refractivity contribution is -0.359. The van der Waals surface area contributed by atoms with Gasteiger partial charge in [0.1, 0.15) is 48.8 Å². The SMILES string of the molecule is CCCCCCCC/C=C\CCCCCCCC(=O)NC(COC1OC(CO)C(OC2OC(CO)C(O)C(O)C2O)C(O)C1O)C(O)/C=C/CCCCCCCCCCCCCC. The zero-order valence-corrected chi connectivity index (χ0v) is 39.1. The Morgan fingerprint density at radius 1 is 0.556 bits per heavy atom. The third-order valence-electron chi connectivity index (χ3n) is 12.4. The van der Waals surface area contributed by atoms with Gasteiger partial charge >= 0.3 is 0 Å². The van der Waals surface area contributed by atoms with Crippen molar-refractivity contribution >= 4 is 5.91 Å². The molecule has 2 rings (SSSR count). The minimum Gasteiger partial charge on any atom is -0.394 e. The number of hydrogen-bond acceptors (Lipinski definition) is 13. The van der Waals surface area contributed by atoms with Crippen LogP contribution in [0.15, 0.2) is 24.3 Å². The molecular weight excluding hydrogens is 811 g/mol.